The number of ether oxygens (including phenoxy) is 2. The Kier molecular flexibility index (Phi) is 5.85. The number of hydrogen-bond donors (Lipinski definition) is 1. The van der Waals surface area contributed by atoms with E-state index in [0.717, 1.165) is 9.80 Å². The maximum absolute atomic E-state index is 12.2. The van der Waals surface area contributed by atoms with E-state index in [4.69, 9.17) is 14.6 Å². The molecular formula is C16H15IN2O7. The molecule has 1 fully saturated rings. The molecule has 138 valence electrons. The zero-order valence-electron chi connectivity index (χ0n) is 14.1. The van der Waals surface area contributed by atoms with Crippen LogP contribution in [-0.2, 0) is 14.4 Å². The number of hydrogen-bond acceptors (Lipinski definition) is 6. The number of carbonyl (C=O) groups excluding carboxylic acids is 3. The van der Waals surface area contributed by atoms with Crippen molar-refractivity contribution < 1.29 is 33.8 Å². The molecule has 1 saturated heterocycles. The van der Waals surface area contributed by atoms with Gasteiger partial charge in [-0.2, -0.15) is 0 Å². The Hall–Kier alpha value is -2.63. The fourth-order valence-corrected chi connectivity index (χ4v) is 3.02. The quantitative estimate of drug-likeness (QED) is 0.388. The molecule has 0 aliphatic carbocycles. The highest BCUT2D eigenvalue weighted by Gasteiger charge is 2.37. The molecule has 1 aromatic rings. The average molecular weight is 474 g/mol. The topological polar surface area (TPSA) is 113 Å². The van der Waals surface area contributed by atoms with Gasteiger partial charge in [0.05, 0.1) is 10.7 Å². The molecule has 2 rings (SSSR count). The number of nitrogens with zero attached hydrogens (tertiary/aromatic N) is 2. The van der Waals surface area contributed by atoms with Crippen molar-refractivity contribution in [2.45, 2.75) is 0 Å². The summed E-state index contributed by atoms with van der Waals surface area (Å²) in [5.41, 5.74) is 0.286. The van der Waals surface area contributed by atoms with Crippen molar-refractivity contribution in [1.29, 1.82) is 0 Å². The highest BCUT2D eigenvalue weighted by molar-refractivity contribution is 14.1. The number of carboxylic acids is 1. The molecule has 10 heteroatoms. The second kappa shape index (κ2) is 7.72. The minimum atomic E-state index is -1.14. The zero-order valence-corrected chi connectivity index (χ0v) is 16.3. The van der Waals surface area contributed by atoms with Gasteiger partial charge in [0.1, 0.15) is 5.57 Å². The van der Waals surface area contributed by atoms with Crippen LogP contribution in [0.3, 0.4) is 0 Å². The van der Waals surface area contributed by atoms with Gasteiger partial charge >= 0.3 is 12.0 Å². The first kappa shape index (κ1) is 19.7. The van der Waals surface area contributed by atoms with Crippen molar-refractivity contribution in [2.24, 2.45) is 0 Å². The van der Waals surface area contributed by atoms with Crippen LogP contribution < -0.4 is 9.47 Å². The van der Waals surface area contributed by atoms with Crippen LogP contribution in [0.15, 0.2) is 17.7 Å². The number of amides is 4. The van der Waals surface area contributed by atoms with E-state index in [1.807, 2.05) is 22.6 Å². The highest BCUT2D eigenvalue weighted by atomic mass is 127. The number of urea groups is 1. The molecule has 0 spiro atoms. The lowest BCUT2D eigenvalue weighted by molar-refractivity contribution is -0.139. The number of carboxylic acid groups (broad SMARTS) is 1. The summed E-state index contributed by atoms with van der Waals surface area (Å²) in [6.07, 6.45) is 1.34. The summed E-state index contributed by atoms with van der Waals surface area (Å²) in [4.78, 5) is 48.6. The number of aliphatic carboxylic acids is 1. The fourth-order valence-electron chi connectivity index (χ4n) is 2.24. The summed E-state index contributed by atoms with van der Waals surface area (Å²) in [5, 5.41) is 8.74. The van der Waals surface area contributed by atoms with Crippen LogP contribution in [0.2, 0.25) is 0 Å². The van der Waals surface area contributed by atoms with Crippen molar-refractivity contribution in [3.05, 3.63) is 26.8 Å². The summed E-state index contributed by atoms with van der Waals surface area (Å²) >= 11 is 1.93. The van der Waals surface area contributed by atoms with Crippen LogP contribution in [0.5, 0.6) is 11.5 Å². The van der Waals surface area contributed by atoms with Gasteiger partial charge in [0.2, 0.25) is 0 Å². The van der Waals surface area contributed by atoms with E-state index in [1.54, 1.807) is 6.07 Å². The standard InChI is InChI=1S/C16H15IN2O7/c1-18-14(22)9(15(23)19(2)16(18)24)4-8-5-10(17)13(11(6-8)25-3)26-7-12(20)21/h4-6H,7H2,1-3H3,(H,20,21). The molecule has 0 aromatic heterocycles. The smallest absolute Gasteiger partial charge is 0.341 e. The number of benzene rings is 1. The van der Waals surface area contributed by atoms with Gasteiger partial charge in [-0.25, -0.2) is 9.59 Å². The summed E-state index contributed by atoms with van der Waals surface area (Å²) in [6.45, 7) is -0.540. The van der Waals surface area contributed by atoms with Gasteiger partial charge in [0.25, 0.3) is 11.8 Å². The predicted molar refractivity (Wildman–Crippen MR) is 97.8 cm³/mol. The van der Waals surface area contributed by atoms with E-state index < -0.39 is 30.4 Å². The lowest BCUT2D eigenvalue weighted by Crippen LogP contribution is -2.52. The average Bonchev–Trinajstić information content (AvgIpc) is 2.60. The number of barbiturate groups is 1. The summed E-state index contributed by atoms with van der Waals surface area (Å²) in [7, 11) is 3.95. The summed E-state index contributed by atoms with van der Waals surface area (Å²) < 4.78 is 10.9. The molecule has 0 saturated carbocycles. The van der Waals surface area contributed by atoms with Crippen LogP contribution in [0.1, 0.15) is 5.56 Å². The van der Waals surface area contributed by atoms with Gasteiger partial charge in [0.15, 0.2) is 18.1 Å². The van der Waals surface area contributed by atoms with Gasteiger partial charge in [-0.1, -0.05) is 0 Å². The number of likely N-dealkylation sites (N-methyl/N-ethyl adjacent to an activating group) is 2. The van der Waals surface area contributed by atoms with Crippen molar-refractivity contribution in [3.8, 4) is 11.5 Å². The summed E-state index contributed by atoms with van der Waals surface area (Å²) in [6, 6.07) is 2.40. The van der Waals surface area contributed by atoms with E-state index in [9.17, 15) is 19.2 Å². The van der Waals surface area contributed by atoms with Crippen molar-refractivity contribution in [3.63, 3.8) is 0 Å². The van der Waals surface area contributed by atoms with Crippen molar-refractivity contribution in [1.82, 2.24) is 9.80 Å². The van der Waals surface area contributed by atoms with E-state index in [2.05, 4.69) is 0 Å². The third-order valence-corrected chi connectivity index (χ3v) is 4.35. The van der Waals surface area contributed by atoms with Crippen molar-refractivity contribution in [2.75, 3.05) is 27.8 Å². The van der Waals surface area contributed by atoms with Crippen molar-refractivity contribution >= 4 is 52.5 Å². The number of rotatable bonds is 5. The molecule has 0 bridgehead atoms. The maximum atomic E-state index is 12.2. The molecule has 1 aliphatic heterocycles. The molecular weight excluding hydrogens is 459 g/mol. The van der Waals surface area contributed by atoms with E-state index in [-0.39, 0.29) is 17.1 Å². The van der Waals surface area contributed by atoms with E-state index in [0.29, 0.717) is 9.13 Å². The third-order valence-electron chi connectivity index (χ3n) is 3.55. The molecule has 0 unspecified atom stereocenters. The van der Waals surface area contributed by atoms with Gasteiger partial charge in [-0.05, 0) is 46.4 Å². The van der Waals surface area contributed by atoms with Gasteiger partial charge < -0.3 is 14.6 Å². The highest BCUT2D eigenvalue weighted by Crippen LogP contribution is 2.35. The fraction of sp³-hybridized carbons (Fsp3) is 0.250. The monoisotopic (exact) mass is 474 g/mol. The zero-order chi connectivity index (χ0) is 19.6. The van der Waals surface area contributed by atoms with Gasteiger partial charge in [-0.3, -0.25) is 19.4 Å². The largest absolute Gasteiger partial charge is 0.493 e. The van der Waals surface area contributed by atoms with Crippen LogP contribution in [0, 0.1) is 3.57 Å². The van der Waals surface area contributed by atoms with Crippen LogP contribution in [0.25, 0.3) is 6.08 Å². The number of halogens is 1. The Bertz CT molecular complexity index is 808. The second-order valence-electron chi connectivity index (χ2n) is 5.29. The predicted octanol–water partition coefficient (Wildman–Crippen LogP) is 1.20. The Labute approximate surface area is 162 Å². The Balaban J connectivity index is 2.45. The van der Waals surface area contributed by atoms with Gasteiger partial charge in [0, 0.05) is 14.1 Å². The Morgan fingerprint density at radius 2 is 1.77 bits per heavy atom. The first-order valence-electron chi connectivity index (χ1n) is 7.21. The number of methoxy groups -OCH3 is 1. The maximum Gasteiger partial charge on any atom is 0.341 e. The molecule has 1 aromatic carbocycles. The minimum Gasteiger partial charge on any atom is -0.493 e. The molecule has 1 heterocycles. The number of imide groups is 2. The Morgan fingerprint density at radius 3 is 2.27 bits per heavy atom. The molecule has 0 radical (unpaired) electrons. The van der Waals surface area contributed by atoms with Crippen LogP contribution in [-0.4, -0.2) is 66.5 Å². The molecule has 26 heavy (non-hydrogen) atoms. The van der Waals surface area contributed by atoms with E-state index in [1.165, 1.54) is 33.3 Å². The normalized spacial score (nSPS) is 14.6. The second-order valence-corrected chi connectivity index (χ2v) is 6.45. The Morgan fingerprint density at radius 1 is 1.19 bits per heavy atom. The first-order chi connectivity index (χ1) is 12.2. The molecule has 9 nitrogen and oxygen atoms in total. The van der Waals surface area contributed by atoms with E-state index >= 15 is 0 Å². The van der Waals surface area contributed by atoms with Crippen LogP contribution >= 0.6 is 22.6 Å². The first-order valence-corrected chi connectivity index (χ1v) is 8.29. The van der Waals surface area contributed by atoms with Crippen LogP contribution in [0.4, 0.5) is 4.79 Å². The van der Waals surface area contributed by atoms with Gasteiger partial charge in [-0.15, -0.1) is 0 Å². The number of carbonyl (C=O) groups is 4. The molecule has 0 atom stereocenters. The molecule has 1 N–H and O–H groups in total. The molecule has 1 aliphatic rings. The summed E-state index contributed by atoms with van der Waals surface area (Å²) in [5.74, 6) is -2.07. The molecule has 4 amide bonds. The SMILES string of the molecule is COc1cc(C=C2C(=O)N(C)C(=O)N(C)C2=O)cc(I)c1OCC(=O)O. The lowest BCUT2D eigenvalue weighted by Gasteiger charge is -2.28. The lowest BCUT2D eigenvalue weighted by atomic mass is 10.1. The minimum absolute atomic E-state index is 0.174. The third kappa shape index (κ3) is 3.79.